The minimum Gasteiger partial charge on any atom is -0.477 e. The summed E-state index contributed by atoms with van der Waals surface area (Å²) in [5, 5.41) is 10.00. The maximum Gasteiger partial charge on any atom is 0.352 e. The molecule has 112 valence electrons. The monoisotopic (exact) mass is 287 g/mol. The van der Waals surface area contributed by atoms with Gasteiger partial charge in [0.2, 0.25) is 0 Å². The van der Waals surface area contributed by atoms with Gasteiger partial charge in [0.1, 0.15) is 5.69 Å². The minimum absolute atomic E-state index is 0.240. The summed E-state index contributed by atoms with van der Waals surface area (Å²) in [5.74, 6) is -0.920. The van der Waals surface area contributed by atoms with Crippen molar-refractivity contribution in [3.63, 3.8) is 0 Å². The van der Waals surface area contributed by atoms with Crippen LogP contribution in [0.25, 0.3) is 10.9 Å². The van der Waals surface area contributed by atoms with Crippen LogP contribution in [0, 0.1) is 0 Å². The van der Waals surface area contributed by atoms with Crippen LogP contribution in [-0.4, -0.2) is 54.2 Å². The lowest BCUT2D eigenvalue weighted by Crippen LogP contribution is -2.41. The maximum absolute atomic E-state index is 11.0. The molecule has 0 aliphatic carbocycles. The van der Waals surface area contributed by atoms with Crippen LogP contribution in [0.15, 0.2) is 24.3 Å². The van der Waals surface area contributed by atoms with Crippen LogP contribution in [0.5, 0.6) is 0 Å². The molecule has 2 heterocycles. The molecule has 5 heteroatoms. The average Bonchev–Trinajstić information content (AvgIpc) is 2.90. The normalized spacial score (nSPS) is 17.2. The number of piperidine rings is 1. The molecule has 2 aromatic rings. The van der Waals surface area contributed by atoms with Gasteiger partial charge in [-0.2, -0.15) is 0 Å². The Morgan fingerprint density at radius 3 is 2.71 bits per heavy atom. The number of benzene rings is 1. The highest BCUT2D eigenvalue weighted by molar-refractivity contribution is 5.94. The van der Waals surface area contributed by atoms with Crippen molar-refractivity contribution in [2.24, 2.45) is 0 Å². The van der Waals surface area contributed by atoms with Gasteiger partial charge in [0.15, 0.2) is 0 Å². The Bertz CT molecular complexity index is 657. The number of fused-ring (bicyclic) bond motifs is 1. The molecule has 1 aliphatic heterocycles. The summed E-state index contributed by atoms with van der Waals surface area (Å²) < 4.78 is 0. The number of aromatic amines is 1. The predicted molar refractivity (Wildman–Crippen MR) is 84.2 cm³/mol. The Labute approximate surface area is 124 Å². The van der Waals surface area contributed by atoms with Gasteiger partial charge in [0, 0.05) is 29.7 Å². The van der Waals surface area contributed by atoms with Crippen molar-refractivity contribution in [2.75, 3.05) is 32.1 Å². The predicted octanol–water partition coefficient (Wildman–Crippen LogP) is 2.40. The second kappa shape index (κ2) is 5.41. The van der Waals surface area contributed by atoms with Crippen molar-refractivity contribution in [3.05, 3.63) is 30.0 Å². The second-order valence-electron chi connectivity index (χ2n) is 5.91. The van der Waals surface area contributed by atoms with Gasteiger partial charge in [0.25, 0.3) is 0 Å². The number of nitrogens with one attached hydrogen (secondary N) is 1. The highest BCUT2D eigenvalue weighted by atomic mass is 16.4. The van der Waals surface area contributed by atoms with E-state index in [-0.39, 0.29) is 5.69 Å². The van der Waals surface area contributed by atoms with Gasteiger partial charge in [-0.15, -0.1) is 0 Å². The molecule has 0 bridgehead atoms. The maximum atomic E-state index is 11.0. The van der Waals surface area contributed by atoms with Crippen LogP contribution in [-0.2, 0) is 0 Å². The number of carboxylic acid groups (broad SMARTS) is 1. The van der Waals surface area contributed by atoms with Gasteiger partial charge >= 0.3 is 5.97 Å². The number of hydrogen-bond donors (Lipinski definition) is 2. The highest BCUT2D eigenvalue weighted by Gasteiger charge is 2.21. The highest BCUT2D eigenvalue weighted by Crippen LogP contribution is 2.26. The van der Waals surface area contributed by atoms with Crippen molar-refractivity contribution in [1.82, 2.24) is 9.88 Å². The van der Waals surface area contributed by atoms with Crippen molar-refractivity contribution in [3.8, 4) is 0 Å². The van der Waals surface area contributed by atoms with Crippen LogP contribution >= 0.6 is 0 Å². The van der Waals surface area contributed by atoms with E-state index >= 15 is 0 Å². The third kappa shape index (κ3) is 2.74. The number of likely N-dealkylation sites (tertiary alicyclic amines) is 1. The van der Waals surface area contributed by atoms with Gasteiger partial charge < -0.3 is 19.9 Å². The summed E-state index contributed by atoms with van der Waals surface area (Å²) in [7, 11) is 4.29. The Morgan fingerprint density at radius 1 is 1.33 bits per heavy atom. The molecule has 0 unspecified atom stereocenters. The Balaban J connectivity index is 1.84. The van der Waals surface area contributed by atoms with Gasteiger partial charge in [-0.3, -0.25) is 0 Å². The Hall–Kier alpha value is -2.01. The minimum atomic E-state index is -0.920. The molecule has 0 atom stereocenters. The van der Waals surface area contributed by atoms with E-state index in [1.165, 1.54) is 12.8 Å². The van der Waals surface area contributed by atoms with E-state index in [1.54, 1.807) is 6.07 Å². The zero-order chi connectivity index (χ0) is 15.0. The van der Waals surface area contributed by atoms with E-state index in [1.807, 2.05) is 6.07 Å². The van der Waals surface area contributed by atoms with E-state index in [0.29, 0.717) is 6.04 Å². The number of carboxylic acids is 1. The number of H-pyrrole nitrogens is 1. The molecule has 0 spiro atoms. The first-order valence-corrected chi connectivity index (χ1v) is 7.32. The molecule has 21 heavy (non-hydrogen) atoms. The summed E-state index contributed by atoms with van der Waals surface area (Å²) in [4.78, 5) is 18.6. The smallest absolute Gasteiger partial charge is 0.352 e. The molecule has 2 N–H and O–H groups in total. The molecule has 1 saturated heterocycles. The third-order valence-corrected chi connectivity index (χ3v) is 4.48. The van der Waals surface area contributed by atoms with E-state index < -0.39 is 5.97 Å². The van der Waals surface area contributed by atoms with Gasteiger partial charge in [-0.05, 0) is 57.2 Å². The van der Waals surface area contributed by atoms with Crippen molar-refractivity contribution in [1.29, 1.82) is 0 Å². The molecule has 0 amide bonds. The molecule has 0 saturated carbocycles. The molecule has 5 nitrogen and oxygen atoms in total. The zero-order valence-corrected chi connectivity index (χ0v) is 12.5. The SMILES string of the molecule is CN1CCC(N(C)c2ccc3[nH]c(C(=O)O)cc3c2)CC1. The number of aromatic nitrogens is 1. The van der Waals surface area contributed by atoms with E-state index in [2.05, 4.69) is 41.0 Å². The summed E-state index contributed by atoms with van der Waals surface area (Å²) in [6.45, 7) is 2.26. The van der Waals surface area contributed by atoms with Crippen LogP contribution in [0.1, 0.15) is 23.3 Å². The second-order valence-corrected chi connectivity index (χ2v) is 5.91. The van der Waals surface area contributed by atoms with Crippen molar-refractivity contribution < 1.29 is 9.90 Å². The van der Waals surface area contributed by atoms with E-state index in [4.69, 9.17) is 5.11 Å². The fourth-order valence-electron chi connectivity index (χ4n) is 3.05. The fourth-order valence-corrected chi connectivity index (χ4v) is 3.05. The third-order valence-electron chi connectivity index (χ3n) is 4.48. The summed E-state index contributed by atoms with van der Waals surface area (Å²) in [5.41, 5.74) is 2.25. The van der Waals surface area contributed by atoms with Crippen LogP contribution < -0.4 is 4.90 Å². The number of anilines is 1. The van der Waals surface area contributed by atoms with Crippen molar-refractivity contribution in [2.45, 2.75) is 18.9 Å². The van der Waals surface area contributed by atoms with E-state index in [0.717, 1.165) is 29.7 Å². The first-order chi connectivity index (χ1) is 10.0. The van der Waals surface area contributed by atoms with Gasteiger partial charge in [0.05, 0.1) is 0 Å². The number of aromatic carboxylic acids is 1. The molecule has 1 aliphatic rings. The van der Waals surface area contributed by atoms with Gasteiger partial charge in [-0.25, -0.2) is 4.79 Å². The summed E-state index contributed by atoms with van der Waals surface area (Å²) in [6, 6.07) is 8.34. The zero-order valence-electron chi connectivity index (χ0n) is 12.5. The molecular formula is C16H21N3O2. The Morgan fingerprint density at radius 2 is 2.05 bits per heavy atom. The average molecular weight is 287 g/mol. The van der Waals surface area contributed by atoms with Crippen LogP contribution in [0.4, 0.5) is 5.69 Å². The quantitative estimate of drug-likeness (QED) is 0.910. The molecule has 1 fully saturated rings. The first kappa shape index (κ1) is 13.9. The molecular weight excluding hydrogens is 266 g/mol. The number of hydrogen-bond acceptors (Lipinski definition) is 3. The van der Waals surface area contributed by atoms with E-state index in [9.17, 15) is 4.79 Å². The van der Waals surface area contributed by atoms with Gasteiger partial charge in [-0.1, -0.05) is 0 Å². The lowest BCUT2D eigenvalue weighted by Gasteiger charge is -2.36. The fraction of sp³-hybridized carbons (Fsp3) is 0.438. The summed E-state index contributed by atoms with van der Waals surface area (Å²) >= 11 is 0. The molecule has 1 aromatic heterocycles. The number of nitrogens with zero attached hydrogens (tertiary/aromatic N) is 2. The topological polar surface area (TPSA) is 59.6 Å². The Kier molecular flexibility index (Phi) is 3.59. The first-order valence-electron chi connectivity index (χ1n) is 7.32. The lowest BCUT2D eigenvalue weighted by atomic mass is 10.0. The number of rotatable bonds is 3. The van der Waals surface area contributed by atoms with Crippen molar-refractivity contribution >= 4 is 22.6 Å². The standard InChI is InChI=1S/C16H21N3O2/c1-18-7-5-12(6-8-18)19(2)13-3-4-14-11(9-13)10-15(17-14)16(20)21/h3-4,9-10,12,17H,5-8H2,1-2H3,(H,20,21). The van der Waals surface area contributed by atoms with Crippen LogP contribution in [0.3, 0.4) is 0 Å². The lowest BCUT2D eigenvalue weighted by molar-refractivity contribution is 0.0691. The number of carbonyl (C=O) groups is 1. The van der Waals surface area contributed by atoms with Crippen LogP contribution in [0.2, 0.25) is 0 Å². The largest absolute Gasteiger partial charge is 0.477 e. The molecule has 3 rings (SSSR count). The molecule has 1 aromatic carbocycles. The molecule has 0 radical (unpaired) electrons. The summed E-state index contributed by atoms with van der Waals surface area (Å²) in [6.07, 6.45) is 2.33.